The third-order valence-corrected chi connectivity index (χ3v) is 4.45. The first-order valence-corrected chi connectivity index (χ1v) is 9.93. The number of carboxylic acids is 2. The number of hydrogen-bond acceptors (Lipinski definition) is 8. The van der Waals surface area contributed by atoms with Crippen LogP contribution in [0.2, 0.25) is 0 Å². The van der Waals surface area contributed by atoms with E-state index in [1.54, 1.807) is 13.8 Å². The molecule has 9 N–H and O–H groups in total. The fourth-order valence-electron chi connectivity index (χ4n) is 2.36. The van der Waals surface area contributed by atoms with E-state index in [9.17, 15) is 33.9 Å². The molecule has 176 valence electrons. The fraction of sp³-hybridized carbons (Fsp3) is 0.647. The smallest absolute Gasteiger partial charge is 0.326 e. The first-order chi connectivity index (χ1) is 14.3. The van der Waals surface area contributed by atoms with Gasteiger partial charge in [-0.3, -0.25) is 24.0 Å². The predicted molar refractivity (Wildman–Crippen MR) is 111 cm³/mol. The van der Waals surface area contributed by atoms with Crippen LogP contribution >= 0.6 is 12.6 Å². The number of nitrogens with two attached hydrogens (primary N) is 2. The molecule has 0 aliphatic rings. The summed E-state index contributed by atoms with van der Waals surface area (Å²) in [6.07, 6.45) is -1.27. The maximum absolute atomic E-state index is 12.5. The molecule has 0 saturated heterocycles. The molecular formula is C17H29N5O8S. The highest BCUT2D eigenvalue weighted by atomic mass is 32.1. The topological polar surface area (TPSA) is 231 Å². The summed E-state index contributed by atoms with van der Waals surface area (Å²) in [4.78, 5) is 70.1. The minimum atomic E-state index is -1.39. The minimum absolute atomic E-state index is 0.210. The van der Waals surface area contributed by atoms with Gasteiger partial charge in [0.2, 0.25) is 23.6 Å². The second kappa shape index (κ2) is 13.4. The van der Waals surface area contributed by atoms with Crippen LogP contribution in [-0.2, 0) is 28.8 Å². The van der Waals surface area contributed by atoms with Gasteiger partial charge in [-0.15, -0.1) is 0 Å². The zero-order valence-corrected chi connectivity index (χ0v) is 18.1. The van der Waals surface area contributed by atoms with Crippen molar-refractivity contribution in [2.45, 2.75) is 57.3 Å². The molecule has 14 heteroatoms. The van der Waals surface area contributed by atoms with Gasteiger partial charge in [0.05, 0.1) is 12.5 Å². The van der Waals surface area contributed by atoms with E-state index in [1.165, 1.54) is 0 Å². The summed E-state index contributed by atoms with van der Waals surface area (Å²) < 4.78 is 0. The number of primary amides is 1. The zero-order valence-electron chi connectivity index (χ0n) is 17.2. The van der Waals surface area contributed by atoms with Gasteiger partial charge in [-0.25, -0.2) is 4.79 Å². The Bertz CT molecular complexity index is 702. The number of thiol groups is 1. The molecule has 0 aromatic carbocycles. The standard InChI is InChI=1S/C17H29N5O8S/c1-7(2)13(17(29)30)22-15(27)9(3-4-12(24)25)20-16(28)10(6-31)21-14(26)8(18)5-11(19)23/h7-10,13,31H,3-6,18H2,1-2H3,(H2,19,23)(H,20,28)(H,21,26)(H,22,27)(H,24,25)(H,29,30). The van der Waals surface area contributed by atoms with Gasteiger partial charge in [-0.05, 0) is 12.3 Å². The maximum atomic E-state index is 12.5. The van der Waals surface area contributed by atoms with Crippen LogP contribution in [-0.4, -0.2) is 75.7 Å². The molecule has 0 aromatic rings. The minimum Gasteiger partial charge on any atom is -0.481 e. The molecule has 31 heavy (non-hydrogen) atoms. The largest absolute Gasteiger partial charge is 0.481 e. The summed E-state index contributed by atoms with van der Waals surface area (Å²) in [5, 5.41) is 24.9. The van der Waals surface area contributed by atoms with Gasteiger partial charge in [-0.1, -0.05) is 13.8 Å². The monoisotopic (exact) mass is 463 g/mol. The van der Waals surface area contributed by atoms with Crippen molar-refractivity contribution in [3.63, 3.8) is 0 Å². The third-order valence-electron chi connectivity index (χ3n) is 4.08. The zero-order chi connectivity index (χ0) is 24.3. The summed E-state index contributed by atoms with van der Waals surface area (Å²) in [5.41, 5.74) is 10.5. The first-order valence-electron chi connectivity index (χ1n) is 9.30. The van der Waals surface area contributed by atoms with Gasteiger partial charge in [-0.2, -0.15) is 12.6 Å². The molecular weight excluding hydrogens is 434 g/mol. The van der Waals surface area contributed by atoms with Crippen LogP contribution in [0, 0.1) is 5.92 Å². The van der Waals surface area contributed by atoms with Crippen molar-refractivity contribution in [1.82, 2.24) is 16.0 Å². The van der Waals surface area contributed by atoms with Crippen molar-refractivity contribution in [3.05, 3.63) is 0 Å². The summed E-state index contributed by atoms with van der Waals surface area (Å²) in [7, 11) is 0. The van der Waals surface area contributed by atoms with Crippen LogP contribution in [0.25, 0.3) is 0 Å². The number of carbonyl (C=O) groups excluding carboxylic acids is 4. The molecule has 0 saturated carbocycles. The molecule has 13 nitrogen and oxygen atoms in total. The number of amides is 4. The number of carbonyl (C=O) groups is 6. The Kier molecular flexibility index (Phi) is 12.2. The van der Waals surface area contributed by atoms with Crippen molar-refractivity contribution in [2.75, 3.05) is 5.75 Å². The molecule has 0 bridgehead atoms. The number of nitrogens with one attached hydrogen (secondary N) is 3. The van der Waals surface area contributed by atoms with Crippen molar-refractivity contribution in [3.8, 4) is 0 Å². The van der Waals surface area contributed by atoms with E-state index >= 15 is 0 Å². The molecule has 0 radical (unpaired) electrons. The molecule has 4 amide bonds. The molecule has 0 heterocycles. The van der Waals surface area contributed by atoms with Crippen LogP contribution in [0.1, 0.15) is 33.1 Å². The average molecular weight is 464 g/mol. The quantitative estimate of drug-likeness (QED) is 0.124. The molecule has 4 atom stereocenters. The Balaban J connectivity index is 5.33. The third kappa shape index (κ3) is 10.6. The van der Waals surface area contributed by atoms with Gasteiger partial charge < -0.3 is 37.6 Å². The normalized spacial score (nSPS) is 14.6. The van der Waals surface area contributed by atoms with E-state index in [0.717, 1.165) is 0 Å². The van der Waals surface area contributed by atoms with E-state index < -0.39 is 78.5 Å². The van der Waals surface area contributed by atoms with Crippen molar-refractivity contribution in [2.24, 2.45) is 17.4 Å². The lowest BCUT2D eigenvalue weighted by atomic mass is 10.0. The molecule has 0 fully saturated rings. The van der Waals surface area contributed by atoms with Crippen molar-refractivity contribution < 1.29 is 39.0 Å². The van der Waals surface area contributed by atoms with E-state index in [1.807, 2.05) is 0 Å². The Morgan fingerprint density at radius 2 is 1.42 bits per heavy atom. The Morgan fingerprint density at radius 3 is 1.84 bits per heavy atom. The van der Waals surface area contributed by atoms with Gasteiger partial charge >= 0.3 is 11.9 Å². The fourth-order valence-corrected chi connectivity index (χ4v) is 2.62. The SMILES string of the molecule is CC(C)C(NC(=O)C(CCC(=O)O)NC(=O)C(CS)NC(=O)C(N)CC(N)=O)C(=O)O. The highest BCUT2D eigenvalue weighted by Crippen LogP contribution is 2.06. The van der Waals surface area contributed by atoms with Gasteiger partial charge in [0, 0.05) is 12.2 Å². The highest BCUT2D eigenvalue weighted by molar-refractivity contribution is 7.80. The number of aliphatic carboxylic acids is 2. The summed E-state index contributed by atoms with van der Waals surface area (Å²) >= 11 is 3.96. The van der Waals surface area contributed by atoms with Crippen LogP contribution in [0.5, 0.6) is 0 Å². The van der Waals surface area contributed by atoms with E-state index in [4.69, 9.17) is 16.6 Å². The predicted octanol–water partition coefficient (Wildman–Crippen LogP) is -2.82. The maximum Gasteiger partial charge on any atom is 0.326 e. The van der Waals surface area contributed by atoms with Crippen molar-refractivity contribution in [1.29, 1.82) is 0 Å². The second-order valence-corrected chi connectivity index (χ2v) is 7.45. The Labute approximate surface area is 184 Å². The van der Waals surface area contributed by atoms with E-state index in [0.29, 0.717) is 0 Å². The number of carboxylic acid groups (broad SMARTS) is 2. The van der Waals surface area contributed by atoms with E-state index in [2.05, 4.69) is 28.6 Å². The van der Waals surface area contributed by atoms with E-state index in [-0.39, 0.29) is 12.2 Å². The highest BCUT2D eigenvalue weighted by Gasteiger charge is 2.31. The van der Waals surface area contributed by atoms with Crippen molar-refractivity contribution >= 4 is 48.2 Å². The average Bonchev–Trinajstić information content (AvgIpc) is 2.65. The molecule has 4 unspecified atom stereocenters. The number of rotatable bonds is 14. The number of hydrogen-bond donors (Lipinski definition) is 8. The summed E-state index contributed by atoms with van der Waals surface area (Å²) in [6, 6.07) is -5.22. The summed E-state index contributed by atoms with van der Waals surface area (Å²) in [5.74, 6) is -6.67. The Morgan fingerprint density at radius 1 is 0.903 bits per heavy atom. The lowest BCUT2D eigenvalue weighted by molar-refractivity contribution is -0.144. The molecule has 0 rings (SSSR count). The van der Waals surface area contributed by atoms with Gasteiger partial charge in [0.25, 0.3) is 0 Å². The van der Waals surface area contributed by atoms with Gasteiger partial charge in [0.1, 0.15) is 18.1 Å². The molecule has 0 aromatic heterocycles. The lowest BCUT2D eigenvalue weighted by Gasteiger charge is -2.25. The first kappa shape index (κ1) is 28.1. The molecule has 0 aliphatic heterocycles. The van der Waals surface area contributed by atoms with Crippen LogP contribution < -0.4 is 27.4 Å². The molecule has 0 spiro atoms. The van der Waals surface area contributed by atoms with Crippen LogP contribution in [0.15, 0.2) is 0 Å². The Hall–Kier alpha value is -2.87. The van der Waals surface area contributed by atoms with Crippen LogP contribution in [0.4, 0.5) is 0 Å². The van der Waals surface area contributed by atoms with Crippen LogP contribution in [0.3, 0.4) is 0 Å². The summed E-state index contributed by atoms with van der Waals surface area (Å²) in [6.45, 7) is 3.12. The molecule has 0 aliphatic carbocycles. The lowest BCUT2D eigenvalue weighted by Crippen LogP contribution is -2.58. The second-order valence-electron chi connectivity index (χ2n) is 7.08. The van der Waals surface area contributed by atoms with Gasteiger partial charge in [0.15, 0.2) is 0 Å².